The molecule has 0 radical (unpaired) electrons. The molecule has 1 rings (SSSR count). The summed E-state index contributed by atoms with van der Waals surface area (Å²) < 4.78 is 4.31. The Morgan fingerprint density at radius 3 is 2.67 bits per heavy atom. The molecule has 0 spiro atoms. The molecular formula is C3H6IN2-. The molecule has 1 aliphatic heterocycles. The molecule has 0 aromatic rings. The molecular weight excluding hydrogens is 191 g/mol. The Labute approximate surface area is 47.6 Å². The van der Waals surface area contributed by atoms with Crippen molar-refractivity contribution in [1.82, 2.24) is 8.85 Å². The molecule has 2 N–H and O–H groups in total. The van der Waals surface area contributed by atoms with E-state index in [1.165, 1.54) is 0 Å². The van der Waals surface area contributed by atoms with Gasteiger partial charge in [-0.3, -0.25) is 0 Å². The molecule has 0 saturated carbocycles. The Bertz CT molecular complexity index is 53.8. The molecule has 0 aromatic carbocycles. The number of halogens is 1. The fraction of sp³-hybridized carbons (Fsp3) is 0.333. The third kappa shape index (κ3) is 1.04. The maximum absolute atomic E-state index is 3.15. The van der Waals surface area contributed by atoms with Crippen LogP contribution in [0.15, 0.2) is 12.4 Å². The quantitative estimate of drug-likeness (QED) is 0.183. The van der Waals surface area contributed by atoms with Crippen LogP contribution >= 0.6 is 0 Å². The molecule has 2 nitrogen and oxygen atoms in total. The van der Waals surface area contributed by atoms with Gasteiger partial charge < -0.3 is 0 Å². The summed E-state index contributed by atoms with van der Waals surface area (Å²) in [4.78, 5) is 0. The van der Waals surface area contributed by atoms with Crippen LogP contribution in [-0.4, -0.2) is 4.55 Å². The summed E-state index contributed by atoms with van der Waals surface area (Å²) in [6.07, 6.45) is 3.89. The Kier molecular flexibility index (Phi) is 1.61. The van der Waals surface area contributed by atoms with Gasteiger partial charge in [-0.05, 0) is 0 Å². The van der Waals surface area contributed by atoms with Gasteiger partial charge in [-0.2, -0.15) is 0 Å². The Morgan fingerprint density at radius 2 is 2.50 bits per heavy atom. The van der Waals surface area contributed by atoms with E-state index in [-0.39, 0.29) is 21.5 Å². The average Bonchev–Trinajstić information content (AvgIpc) is 1.72. The fourth-order valence-electron chi connectivity index (χ4n) is 0.257. The van der Waals surface area contributed by atoms with Crippen molar-refractivity contribution < 1.29 is 21.5 Å². The number of nitrogens with one attached hydrogen (secondary N) is 2. The zero-order chi connectivity index (χ0) is 4.24. The number of rotatable bonds is 0. The topological polar surface area (TPSA) is 24.1 Å². The molecule has 0 saturated heterocycles. The summed E-state index contributed by atoms with van der Waals surface area (Å²) >= 11 is 0.267. The summed E-state index contributed by atoms with van der Waals surface area (Å²) in [6, 6.07) is 0. The van der Waals surface area contributed by atoms with E-state index in [1.807, 2.05) is 12.4 Å². The molecule has 1 heterocycles. The van der Waals surface area contributed by atoms with Gasteiger partial charge in [0.15, 0.2) is 0 Å². The molecule has 0 unspecified atom stereocenters. The van der Waals surface area contributed by atoms with E-state index < -0.39 is 0 Å². The van der Waals surface area contributed by atoms with E-state index in [0.717, 1.165) is 4.55 Å². The van der Waals surface area contributed by atoms with Crippen LogP contribution in [0.5, 0.6) is 0 Å². The van der Waals surface area contributed by atoms with Crippen molar-refractivity contribution in [2.24, 2.45) is 0 Å². The number of hydrogen-bond donors (Lipinski definition) is 2. The molecule has 0 bridgehead atoms. The monoisotopic (exact) mass is 197 g/mol. The molecule has 6 heavy (non-hydrogen) atoms. The van der Waals surface area contributed by atoms with E-state index in [0.29, 0.717) is 0 Å². The fourth-order valence-corrected chi connectivity index (χ4v) is 1.39. The van der Waals surface area contributed by atoms with Gasteiger partial charge >= 0.3 is 47.3 Å². The van der Waals surface area contributed by atoms with Crippen LogP contribution in [0.1, 0.15) is 0 Å². The van der Waals surface area contributed by atoms with E-state index >= 15 is 0 Å². The first-order chi connectivity index (χ1) is 3.00. The van der Waals surface area contributed by atoms with Crippen molar-refractivity contribution in [1.29, 1.82) is 0 Å². The van der Waals surface area contributed by atoms with Gasteiger partial charge in [0.05, 0.1) is 0 Å². The van der Waals surface area contributed by atoms with Crippen molar-refractivity contribution in [3.63, 3.8) is 0 Å². The van der Waals surface area contributed by atoms with E-state index in [9.17, 15) is 0 Å². The van der Waals surface area contributed by atoms with Crippen LogP contribution in [0, 0.1) is 0 Å². The summed E-state index contributed by atoms with van der Waals surface area (Å²) in [5, 5.41) is 3.09. The van der Waals surface area contributed by atoms with Gasteiger partial charge in [0.25, 0.3) is 0 Å². The minimum absolute atomic E-state index is 0.267. The summed E-state index contributed by atoms with van der Waals surface area (Å²) in [7, 11) is 0. The van der Waals surface area contributed by atoms with Crippen LogP contribution in [-0.2, 0) is 0 Å². The van der Waals surface area contributed by atoms with Crippen molar-refractivity contribution >= 4 is 0 Å². The van der Waals surface area contributed by atoms with Gasteiger partial charge in [0.1, 0.15) is 0 Å². The van der Waals surface area contributed by atoms with E-state index in [2.05, 4.69) is 8.85 Å². The number of hydrogen-bond acceptors (Lipinski definition) is 2. The van der Waals surface area contributed by atoms with E-state index in [4.69, 9.17) is 0 Å². The minimum atomic E-state index is 0.267. The Hall–Kier alpha value is 0.0700. The summed E-state index contributed by atoms with van der Waals surface area (Å²) in [6.45, 7) is 0. The molecule has 36 valence electrons. The second-order valence-corrected chi connectivity index (χ2v) is 3.06. The average molecular weight is 197 g/mol. The van der Waals surface area contributed by atoms with Gasteiger partial charge in [-0.1, -0.05) is 0 Å². The van der Waals surface area contributed by atoms with E-state index in [1.54, 1.807) is 0 Å². The molecule has 0 atom stereocenters. The first-order valence-corrected chi connectivity index (χ1v) is 4.32. The molecule has 1 aliphatic rings. The summed E-state index contributed by atoms with van der Waals surface area (Å²) in [5.41, 5.74) is 0. The van der Waals surface area contributed by atoms with Gasteiger partial charge in [0, 0.05) is 0 Å². The Balaban J connectivity index is 2.26. The second-order valence-electron chi connectivity index (χ2n) is 0.914. The van der Waals surface area contributed by atoms with Gasteiger partial charge in [-0.15, -0.1) is 0 Å². The van der Waals surface area contributed by atoms with Crippen LogP contribution in [0.4, 0.5) is 0 Å². The summed E-state index contributed by atoms with van der Waals surface area (Å²) in [5.74, 6) is 0. The molecule has 3 heteroatoms. The standard InChI is InChI=1S/C3H6IN2/c1-2-6-4-3-5-1/h1-2,5-6H,3H2/q-1. The van der Waals surface area contributed by atoms with Crippen molar-refractivity contribution in [3.8, 4) is 0 Å². The maximum atomic E-state index is 3.15. The normalized spacial score (nSPS) is 20.0. The zero-order valence-electron chi connectivity index (χ0n) is 3.24. The zero-order valence-corrected chi connectivity index (χ0v) is 5.40. The molecule has 0 fully saturated rings. The van der Waals surface area contributed by atoms with Crippen molar-refractivity contribution in [2.75, 3.05) is 4.55 Å². The molecule has 0 amide bonds. The third-order valence-corrected chi connectivity index (χ3v) is 2.11. The Morgan fingerprint density at radius 1 is 1.50 bits per heavy atom. The predicted octanol–water partition coefficient (Wildman–Crippen LogP) is -3.39. The SMILES string of the molecule is C1=CN[I-]CN1. The second kappa shape index (κ2) is 2.28. The third-order valence-electron chi connectivity index (χ3n) is 0.485. The van der Waals surface area contributed by atoms with Gasteiger partial charge in [-0.25, -0.2) is 0 Å². The first-order valence-electron chi connectivity index (χ1n) is 1.72. The molecule has 0 aromatic heterocycles. The van der Waals surface area contributed by atoms with Crippen LogP contribution in [0.25, 0.3) is 0 Å². The van der Waals surface area contributed by atoms with Crippen LogP contribution in [0.3, 0.4) is 0 Å². The van der Waals surface area contributed by atoms with Crippen LogP contribution < -0.4 is 30.3 Å². The predicted molar refractivity (Wildman–Crippen MR) is 20.3 cm³/mol. The molecule has 0 aliphatic carbocycles. The van der Waals surface area contributed by atoms with Crippen molar-refractivity contribution in [3.05, 3.63) is 12.4 Å². The van der Waals surface area contributed by atoms with Crippen molar-refractivity contribution in [2.45, 2.75) is 0 Å². The van der Waals surface area contributed by atoms with Crippen LogP contribution in [0.2, 0.25) is 0 Å². The first kappa shape index (κ1) is 4.23. The number of alkyl halides is 1. The van der Waals surface area contributed by atoms with Gasteiger partial charge in [0.2, 0.25) is 0 Å².